The molecule has 6 nitrogen and oxygen atoms in total. The minimum Gasteiger partial charge on any atom is -0.487 e. The molecule has 0 aliphatic rings. The number of aryl methyl sites for hydroxylation is 1. The van der Waals surface area contributed by atoms with E-state index in [9.17, 15) is 4.79 Å². The number of pyridine rings is 1. The van der Waals surface area contributed by atoms with Crippen LogP contribution in [0.1, 0.15) is 16.3 Å². The Bertz CT molecular complexity index is 1170. The van der Waals surface area contributed by atoms with Crippen molar-refractivity contribution in [1.82, 2.24) is 15.0 Å². The molecule has 0 aliphatic heterocycles. The molecule has 3 aromatic heterocycles. The second-order valence-electron chi connectivity index (χ2n) is 6.26. The fourth-order valence-corrected chi connectivity index (χ4v) is 3.96. The first-order valence-corrected chi connectivity index (χ1v) is 10.9. The number of nitrogens with one attached hydrogen (secondary N) is 1. The maximum atomic E-state index is 12.3. The fourth-order valence-electron chi connectivity index (χ4n) is 2.65. The van der Waals surface area contributed by atoms with Crippen LogP contribution in [0.5, 0.6) is 5.75 Å². The Kier molecular flexibility index (Phi) is 6.26. The minimum absolute atomic E-state index is 0.262. The van der Waals surface area contributed by atoms with E-state index in [1.807, 2.05) is 60.1 Å². The molecule has 1 aromatic carbocycles. The van der Waals surface area contributed by atoms with E-state index in [2.05, 4.69) is 20.3 Å². The Morgan fingerprint density at radius 2 is 1.93 bits per heavy atom. The van der Waals surface area contributed by atoms with Crippen molar-refractivity contribution in [3.8, 4) is 17.1 Å². The van der Waals surface area contributed by atoms with Crippen LogP contribution < -0.4 is 10.1 Å². The van der Waals surface area contributed by atoms with Gasteiger partial charge in [-0.15, -0.1) is 22.7 Å². The topological polar surface area (TPSA) is 77.0 Å². The average Bonchev–Trinajstić information content (AvgIpc) is 3.41. The lowest BCUT2D eigenvalue weighted by Crippen LogP contribution is -2.07. The number of thiazole rings is 2. The standard InChI is InChI=1S/C22H18N4O2S2/c1-15-24-17(13-29-15)12-28-20-8-3-2-6-16(20)9-10-21(27)26-22-25-19(14-30-22)18-7-4-5-11-23-18/h2-11,13-14H,12H2,1H3,(H,25,26,27)/b10-9+. The summed E-state index contributed by atoms with van der Waals surface area (Å²) in [6, 6.07) is 13.2. The molecule has 4 aromatic rings. The van der Waals surface area contributed by atoms with Crippen molar-refractivity contribution in [1.29, 1.82) is 0 Å². The molecule has 0 bridgehead atoms. The number of aromatic nitrogens is 3. The van der Waals surface area contributed by atoms with Gasteiger partial charge in [0.15, 0.2) is 5.13 Å². The molecule has 0 atom stereocenters. The van der Waals surface area contributed by atoms with E-state index < -0.39 is 0 Å². The number of hydrogen-bond donors (Lipinski definition) is 1. The van der Waals surface area contributed by atoms with Gasteiger partial charge in [0.05, 0.1) is 16.4 Å². The number of ether oxygens (including phenoxy) is 1. The van der Waals surface area contributed by atoms with Crippen LogP contribution in [0.4, 0.5) is 5.13 Å². The third-order valence-corrected chi connectivity index (χ3v) is 5.62. The number of hydrogen-bond acceptors (Lipinski definition) is 7. The fraction of sp³-hybridized carbons (Fsp3) is 0.0909. The van der Waals surface area contributed by atoms with Gasteiger partial charge in [-0.2, -0.15) is 0 Å². The maximum Gasteiger partial charge on any atom is 0.250 e. The number of para-hydroxylation sites is 1. The van der Waals surface area contributed by atoms with Crippen LogP contribution in [0, 0.1) is 6.92 Å². The zero-order valence-electron chi connectivity index (χ0n) is 16.1. The SMILES string of the molecule is Cc1nc(COc2ccccc2/C=C/C(=O)Nc2nc(-c3ccccn3)cs2)cs1. The molecule has 0 fully saturated rings. The van der Waals surface area contributed by atoms with Gasteiger partial charge in [-0.25, -0.2) is 9.97 Å². The molecule has 0 radical (unpaired) electrons. The molecule has 0 spiro atoms. The molecular weight excluding hydrogens is 416 g/mol. The number of rotatable bonds is 7. The van der Waals surface area contributed by atoms with Crippen molar-refractivity contribution in [2.45, 2.75) is 13.5 Å². The van der Waals surface area contributed by atoms with E-state index in [4.69, 9.17) is 4.74 Å². The highest BCUT2D eigenvalue weighted by Crippen LogP contribution is 2.24. The number of anilines is 1. The van der Waals surface area contributed by atoms with E-state index in [1.54, 1.807) is 23.6 Å². The predicted molar refractivity (Wildman–Crippen MR) is 121 cm³/mol. The average molecular weight is 435 g/mol. The molecule has 30 heavy (non-hydrogen) atoms. The van der Waals surface area contributed by atoms with Crippen molar-refractivity contribution >= 4 is 39.8 Å². The van der Waals surface area contributed by atoms with Gasteiger partial charge in [-0.05, 0) is 31.2 Å². The summed E-state index contributed by atoms with van der Waals surface area (Å²) >= 11 is 2.95. The third kappa shape index (κ3) is 5.16. The zero-order valence-corrected chi connectivity index (χ0v) is 17.7. The highest BCUT2D eigenvalue weighted by atomic mass is 32.1. The predicted octanol–water partition coefficient (Wildman–Crippen LogP) is 5.20. The van der Waals surface area contributed by atoms with Crippen LogP contribution in [-0.2, 0) is 11.4 Å². The molecular formula is C22H18N4O2S2. The van der Waals surface area contributed by atoms with Crippen molar-refractivity contribution < 1.29 is 9.53 Å². The molecule has 4 rings (SSSR count). The summed E-state index contributed by atoms with van der Waals surface area (Å²) in [5.74, 6) is 0.431. The maximum absolute atomic E-state index is 12.3. The lowest BCUT2D eigenvalue weighted by atomic mass is 10.2. The number of carbonyl (C=O) groups is 1. The summed E-state index contributed by atoms with van der Waals surface area (Å²) in [6.45, 7) is 2.35. The lowest BCUT2D eigenvalue weighted by Gasteiger charge is -2.07. The Morgan fingerprint density at radius 3 is 2.73 bits per heavy atom. The molecule has 0 saturated carbocycles. The van der Waals surface area contributed by atoms with Gasteiger partial charge in [-0.1, -0.05) is 24.3 Å². The van der Waals surface area contributed by atoms with Crippen LogP contribution in [0.3, 0.4) is 0 Å². The summed E-state index contributed by atoms with van der Waals surface area (Å²) in [5, 5.41) is 8.16. The minimum atomic E-state index is -0.262. The molecule has 150 valence electrons. The number of nitrogens with zero attached hydrogens (tertiary/aromatic N) is 3. The molecule has 0 unspecified atom stereocenters. The van der Waals surface area contributed by atoms with Crippen LogP contribution in [-0.4, -0.2) is 20.9 Å². The first-order chi connectivity index (χ1) is 14.7. The summed E-state index contributed by atoms with van der Waals surface area (Å²) in [4.78, 5) is 25.4. The van der Waals surface area contributed by atoms with Gasteiger partial charge in [0.1, 0.15) is 18.1 Å². The summed E-state index contributed by atoms with van der Waals surface area (Å²) < 4.78 is 5.88. The van der Waals surface area contributed by atoms with Gasteiger partial charge in [0, 0.05) is 28.6 Å². The Hall–Kier alpha value is -3.36. The third-order valence-electron chi connectivity index (χ3n) is 4.04. The lowest BCUT2D eigenvalue weighted by molar-refractivity contribution is -0.111. The van der Waals surface area contributed by atoms with E-state index in [1.165, 1.54) is 17.4 Å². The highest BCUT2D eigenvalue weighted by Gasteiger charge is 2.08. The van der Waals surface area contributed by atoms with Crippen molar-refractivity contribution in [2.24, 2.45) is 0 Å². The Labute approximate surface area is 182 Å². The van der Waals surface area contributed by atoms with Gasteiger partial charge in [0.25, 0.3) is 0 Å². The smallest absolute Gasteiger partial charge is 0.250 e. The quantitative estimate of drug-likeness (QED) is 0.405. The Morgan fingerprint density at radius 1 is 1.07 bits per heavy atom. The van der Waals surface area contributed by atoms with Gasteiger partial charge < -0.3 is 4.74 Å². The summed E-state index contributed by atoms with van der Waals surface area (Å²) in [6.07, 6.45) is 4.91. The molecule has 1 amide bonds. The Balaban J connectivity index is 1.39. The monoisotopic (exact) mass is 434 g/mol. The zero-order chi connectivity index (χ0) is 20.8. The number of carbonyl (C=O) groups excluding carboxylic acids is 1. The van der Waals surface area contributed by atoms with Gasteiger partial charge >= 0.3 is 0 Å². The number of amides is 1. The summed E-state index contributed by atoms with van der Waals surface area (Å²) in [7, 11) is 0. The van der Waals surface area contributed by atoms with E-state index in [-0.39, 0.29) is 5.91 Å². The molecule has 3 heterocycles. The van der Waals surface area contributed by atoms with Crippen LogP contribution in [0.25, 0.3) is 17.5 Å². The van der Waals surface area contributed by atoms with Crippen LogP contribution in [0.15, 0.2) is 65.5 Å². The van der Waals surface area contributed by atoms with Crippen LogP contribution in [0.2, 0.25) is 0 Å². The van der Waals surface area contributed by atoms with Gasteiger partial charge in [0.2, 0.25) is 5.91 Å². The second kappa shape index (κ2) is 9.43. The van der Waals surface area contributed by atoms with Crippen molar-refractivity contribution in [2.75, 3.05) is 5.32 Å². The highest BCUT2D eigenvalue weighted by molar-refractivity contribution is 7.14. The van der Waals surface area contributed by atoms with Crippen LogP contribution >= 0.6 is 22.7 Å². The van der Waals surface area contributed by atoms with Crippen molar-refractivity contribution in [3.05, 3.63) is 81.8 Å². The van der Waals surface area contributed by atoms with Gasteiger partial charge in [-0.3, -0.25) is 15.1 Å². The normalized spacial score (nSPS) is 11.0. The summed E-state index contributed by atoms with van der Waals surface area (Å²) in [5.41, 5.74) is 3.21. The van der Waals surface area contributed by atoms with Crippen molar-refractivity contribution in [3.63, 3.8) is 0 Å². The first kappa shape index (κ1) is 19.9. The molecule has 0 saturated heterocycles. The molecule has 1 N–H and O–H groups in total. The first-order valence-electron chi connectivity index (χ1n) is 9.16. The number of benzene rings is 1. The molecule has 8 heteroatoms. The van der Waals surface area contributed by atoms with E-state index in [0.717, 1.165) is 27.7 Å². The van der Waals surface area contributed by atoms with E-state index in [0.29, 0.717) is 17.5 Å². The molecule has 0 aliphatic carbocycles. The van der Waals surface area contributed by atoms with E-state index >= 15 is 0 Å². The largest absolute Gasteiger partial charge is 0.487 e. The second-order valence-corrected chi connectivity index (χ2v) is 8.18.